The third-order valence-corrected chi connectivity index (χ3v) is 3.40. The Morgan fingerprint density at radius 1 is 1.44 bits per heavy atom. The van der Waals surface area contributed by atoms with Gasteiger partial charge in [-0.15, -0.1) is 0 Å². The minimum atomic E-state index is 0.913. The van der Waals surface area contributed by atoms with Crippen LogP contribution in [0.4, 0.5) is 5.69 Å². The normalized spacial score (nSPS) is 15.7. The first-order chi connectivity index (χ1) is 8.81. The monoisotopic (exact) mass is 245 g/mol. The zero-order valence-electron chi connectivity index (χ0n) is 11.4. The molecule has 18 heavy (non-hydrogen) atoms. The highest BCUT2D eigenvalue weighted by molar-refractivity contribution is 5.53. The number of aromatic nitrogens is 1. The summed E-state index contributed by atoms with van der Waals surface area (Å²) in [6.45, 7) is 8.52. The molecule has 0 saturated carbocycles. The number of anilines is 1. The van der Waals surface area contributed by atoms with Gasteiger partial charge in [-0.1, -0.05) is 18.6 Å². The number of pyridine rings is 1. The van der Waals surface area contributed by atoms with Crippen LogP contribution in [0.1, 0.15) is 32.3 Å². The molecule has 0 aliphatic carbocycles. The van der Waals surface area contributed by atoms with Crippen LogP contribution in [-0.2, 0) is 6.54 Å². The van der Waals surface area contributed by atoms with E-state index in [2.05, 4.69) is 41.2 Å². The molecular formula is C15H23N3. The molecule has 0 bridgehead atoms. The summed E-state index contributed by atoms with van der Waals surface area (Å²) in [5.74, 6) is 0. The average Bonchev–Trinajstić information content (AvgIpc) is 2.41. The Hall–Kier alpha value is -1.35. The average molecular weight is 245 g/mol. The number of rotatable bonds is 5. The van der Waals surface area contributed by atoms with E-state index >= 15 is 0 Å². The lowest BCUT2D eigenvalue weighted by Crippen LogP contribution is -2.29. The van der Waals surface area contributed by atoms with Crippen LogP contribution in [0.25, 0.3) is 0 Å². The van der Waals surface area contributed by atoms with Crippen molar-refractivity contribution in [3.05, 3.63) is 35.7 Å². The molecule has 0 spiro atoms. The van der Waals surface area contributed by atoms with E-state index in [1.807, 2.05) is 12.4 Å². The molecule has 98 valence electrons. The van der Waals surface area contributed by atoms with Gasteiger partial charge < -0.3 is 10.2 Å². The Morgan fingerprint density at radius 2 is 2.33 bits per heavy atom. The summed E-state index contributed by atoms with van der Waals surface area (Å²) in [5, 5.41) is 3.46. The summed E-state index contributed by atoms with van der Waals surface area (Å²) in [6, 6.07) is 2.14. The van der Waals surface area contributed by atoms with Crippen LogP contribution in [0, 0.1) is 0 Å². The fraction of sp³-hybridized carbons (Fsp3) is 0.533. The minimum absolute atomic E-state index is 0.913. The van der Waals surface area contributed by atoms with Gasteiger partial charge in [0.2, 0.25) is 0 Å². The van der Waals surface area contributed by atoms with Crippen molar-refractivity contribution in [2.24, 2.45) is 0 Å². The molecule has 2 rings (SSSR count). The molecular weight excluding hydrogens is 222 g/mol. The second-order valence-corrected chi connectivity index (χ2v) is 4.93. The van der Waals surface area contributed by atoms with Gasteiger partial charge in [0.1, 0.15) is 0 Å². The van der Waals surface area contributed by atoms with Crippen LogP contribution < -0.4 is 10.2 Å². The van der Waals surface area contributed by atoms with Gasteiger partial charge in [-0.3, -0.25) is 4.98 Å². The lowest BCUT2D eigenvalue weighted by Gasteiger charge is -2.29. The first kappa shape index (κ1) is 13.1. The van der Waals surface area contributed by atoms with E-state index in [-0.39, 0.29) is 0 Å². The highest BCUT2D eigenvalue weighted by Gasteiger charge is 2.13. The Kier molecular flexibility index (Phi) is 4.76. The summed E-state index contributed by atoms with van der Waals surface area (Å²) < 4.78 is 0. The van der Waals surface area contributed by atoms with Crippen molar-refractivity contribution in [3.63, 3.8) is 0 Å². The predicted octanol–water partition coefficient (Wildman–Crippen LogP) is 2.74. The van der Waals surface area contributed by atoms with E-state index < -0.39 is 0 Å². The van der Waals surface area contributed by atoms with Crippen LogP contribution in [0.5, 0.6) is 0 Å². The number of hydrogen-bond acceptors (Lipinski definition) is 3. The van der Waals surface area contributed by atoms with E-state index in [4.69, 9.17) is 0 Å². The van der Waals surface area contributed by atoms with E-state index in [0.717, 1.165) is 26.2 Å². The predicted molar refractivity (Wildman–Crippen MR) is 76.8 cm³/mol. The second kappa shape index (κ2) is 6.55. The summed E-state index contributed by atoms with van der Waals surface area (Å²) >= 11 is 0. The highest BCUT2D eigenvalue weighted by atomic mass is 15.1. The molecule has 0 unspecified atom stereocenters. The summed E-state index contributed by atoms with van der Waals surface area (Å²) in [6.07, 6.45) is 8.55. The van der Waals surface area contributed by atoms with E-state index in [0.29, 0.717) is 0 Å². The Bertz CT molecular complexity index is 412. The molecule has 0 atom stereocenters. The molecule has 1 aromatic heterocycles. The molecule has 1 aliphatic heterocycles. The van der Waals surface area contributed by atoms with E-state index in [1.54, 1.807) is 0 Å². The quantitative estimate of drug-likeness (QED) is 0.638. The van der Waals surface area contributed by atoms with Crippen LogP contribution in [0.15, 0.2) is 30.1 Å². The zero-order valence-corrected chi connectivity index (χ0v) is 11.4. The molecule has 1 aromatic rings. The van der Waals surface area contributed by atoms with Crippen molar-refractivity contribution in [1.82, 2.24) is 10.3 Å². The molecule has 0 aromatic carbocycles. The Labute approximate surface area is 110 Å². The van der Waals surface area contributed by atoms with Crippen LogP contribution in [0.2, 0.25) is 0 Å². The van der Waals surface area contributed by atoms with Crippen molar-refractivity contribution in [2.75, 3.05) is 24.5 Å². The molecule has 1 aliphatic rings. The SMILES string of the molecule is CCCNCc1cnccc1N1CC=C(C)CC1. The van der Waals surface area contributed by atoms with Gasteiger partial charge in [-0.2, -0.15) is 0 Å². The van der Waals surface area contributed by atoms with Crippen molar-refractivity contribution >= 4 is 5.69 Å². The topological polar surface area (TPSA) is 28.2 Å². The molecule has 2 heterocycles. The lowest BCUT2D eigenvalue weighted by atomic mass is 10.1. The first-order valence-corrected chi connectivity index (χ1v) is 6.85. The van der Waals surface area contributed by atoms with Crippen LogP contribution in [0.3, 0.4) is 0 Å². The molecule has 0 radical (unpaired) electrons. The van der Waals surface area contributed by atoms with Crippen molar-refractivity contribution in [2.45, 2.75) is 33.2 Å². The fourth-order valence-corrected chi connectivity index (χ4v) is 2.25. The first-order valence-electron chi connectivity index (χ1n) is 6.85. The van der Waals surface area contributed by atoms with Crippen molar-refractivity contribution in [3.8, 4) is 0 Å². The second-order valence-electron chi connectivity index (χ2n) is 4.93. The van der Waals surface area contributed by atoms with Gasteiger partial charge in [-0.05, 0) is 32.4 Å². The maximum absolute atomic E-state index is 4.25. The van der Waals surface area contributed by atoms with Gasteiger partial charge in [0.25, 0.3) is 0 Å². The molecule has 3 heteroatoms. The van der Waals surface area contributed by atoms with Crippen LogP contribution in [-0.4, -0.2) is 24.6 Å². The Balaban J connectivity index is 2.07. The molecule has 0 fully saturated rings. The lowest BCUT2D eigenvalue weighted by molar-refractivity contribution is 0.669. The number of nitrogens with zero attached hydrogens (tertiary/aromatic N) is 2. The van der Waals surface area contributed by atoms with Crippen molar-refractivity contribution in [1.29, 1.82) is 0 Å². The third kappa shape index (κ3) is 3.33. The van der Waals surface area contributed by atoms with E-state index in [1.165, 1.54) is 29.7 Å². The van der Waals surface area contributed by atoms with Gasteiger partial charge in [-0.25, -0.2) is 0 Å². The van der Waals surface area contributed by atoms with Crippen LogP contribution >= 0.6 is 0 Å². The van der Waals surface area contributed by atoms with Gasteiger partial charge in [0.15, 0.2) is 0 Å². The molecule has 1 N–H and O–H groups in total. The molecule has 0 amide bonds. The van der Waals surface area contributed by atoms with Gasteiger partial charge >= 0.3 is 0 Å². The van der Waals surface area contributed by atoms with Gasteiger partial charge in [0, 0.05) is 43.3 Å². The summed E-state index contributed by atoms with van der Waals surface area (Å²) in [7, 11) is 0. The molecule has 3 nitrogen and oxygen atoms in total. The standard InChI is InChI=1S/C15H23N3/c1-3-7-16-11-14-12-17-8-4-15(14)18-9-5-13(2)6-10-18/h4-5,8,12,16H,3,6-7,9-11H2,1-2H3. The maximum Gasteiger partial charge on any atom is 0.0445 e. The number of nitrogens with one attached hydrogen (secondary N) is 1. The minimum Gasteiger partial charge on any atom is -0.367 e. The zero-order chi connectivity index (χ0) is 12.8. The largest absolute Gasteiger partial charge is 0.367 e. The smallest absolute Gasteiger partial charge is 0.0445 e. The van der Waals surface area contributed by atoms with Gasteiger partial charge in [0.05, 0.1) is 0 Å². The third-order valence-electron chi connectivity index (χ3n) is 3.40. The van der Waals surface area contributed by atoms with E-state index in [9.17, 15) is 0 Å². The molecule has 0 saturated heterocycles. The van der Waals surface area contributed by atoms with Crippen molar-refractivity contribution < 1.29 is 0 Å². The summed E-state index contributed by atoms with van der Waals surface area (Å²) in [5.41, 5.74) is 4.14. The Morgan fingerprint density at radius 3 is 3.06 bits per heavy atom. The number of hydrogen-bond donors (Lipinski definition) is 1. The summed E-state index contributed by atoms with van der Waals surface area (Å²) in [4.78, 5) is 6.69. The fourth-order valence-electron chi connectivity index (χ4n) is 2.25. The highest BCUT2D eigenvalue weighted by Crippen LogP contribution is 2.22. The maximum atomic E-state index is 4.25.